The van der Waals surface area contributed by atoms with Crippen LogP contribution in [0.3, 0.4) is 0 Å². The predicted octanol–water partition coefficient (Wildman–Crippen LogP) is 3.79. The van der Waals surface area contributed by atoms with Crippen LogP contribution in [-0.2, 0) is 0 Å². The van der Waals surface area contributed by atoms with Crippen LogP contribution >= 0.6 is 0 Å². The molecule has 0 aromatic rings. The van der Waals surface area contributed by atoms with Gasteiger partial charge in [-0.05, 0) is 50.1 Å². The van der Waals surface area contributed by atoms with Gasteiger partial charge in [-0.15, -0.1) is 6.58 Å². The van der Waals surface area contributed by atoms with Gasteiger partial charge in [-0.1, -0.05) is 32.8 Å². The minimum absolute atomic E-state index is 0.671. The molecule has 0 bridgehead atoms. The Morgan fingerprint density at radius 1 is 1.05 bits per heavy atom. The molecule has 0 amide bonds. The van der Waals surface area contributed by atoms with E-state index in [0.717, 1.165) is 12.5 Å². The maximum Gasteiger partial charge on any atom is 0.0161 e. The Morgan fingerprint density at radius 2 is 1.65 bits per heavy atom. The average Bonchev–Trinajstić information content (AvgIpc) is 2.40. The summed E-state index contributed by atoms with van der Waals surface area (Å²) in [6, 6.07) is 0. The number of hydrogen-bond donors (Lipinski definition) is 0. The molecule has 0 N–H and O–H groups in total. The molecular weight excluding hydrogens is 244 g/mol. The second-order valence-electron chi connectivity index (χ2n) is 7.20. The van der Waals surface area contributed by atoms with Crippen LogP contribution in [0.1, 0.15) is 52.4 Å². The second-order valence-corrected chi connectivity index (χ2v) is 7.20. The summed E-state index contributed by atoms with van der Waals surface area (Å²) in [4.78, 5) is 5.29. The van der Waals surface area contributed by atoms with Gasteiger partial charge in [-0.3, -0.25) is 4.90 Å². The normalized spacial score (nSPS) is 23.1. The fourth-order valence-electron chi connectivity index (χ4n) is 4.25. The maximum atomic E-state index is 3.85. The van der Waals surface area contributed by atoms with Gasteiger partial charge in [0.2, 0.25) is 0 Å². The highest BCUT2D eigenvalue weighted by Crippen LogP contribution is 2.40. The first-order valence-electron chi connectivity index (χ1n) is 8.77. The van der Waals surface area contributed by atoms with Crippen molar-refractivity contribution < 1.29 is 0 Å². The van der Waals surface area contributed by atoms with Crippen molar-refractivity contribution in [2.45, 2.75) is 52.4 Å². The Kier molecular flexibility index (Phi) is 6.10. The fraction of sp³-hybridized carbons (Fsp3) is 0.889. The summed E-state index contributed by atoms with van der Waals surface area (Å²) in [6.45, 7) is 16.3. The molecule has 2 fully saturated rings. The third-order valence-corrected chi connectivity index (χ3v) is 5.33. The smallest absolute Gasteiger partial charge is 0.0161 e. The van der Waals surface area contributed by atoms with Crippen molar-refractivity contribution in [2.24, 2.45) is 11.3 Å². The van der Waals surface area contributed by atoms with Gasteiger partial charge in [0.25, 0.3) is 0 Å². The monoisotopic (exact) mass is 278 g/mol. The molecule has 116 valence electrons. The predicted molar refractivity (Wildman–Crippen MR) is 88.1 cm³/mol. The highest BCUT2D eigenvalue weighted by Gasteiger charge is 2.44. The Morgan fingerprint density at radius 3 is 2.15 bits per heavy atom. The summed E-state index contributed by atoms with van der Waals surface area (Å²) in [7, 11) is 0. The Balaban J connectivity index is 1.70. The van der Waals surface area contributed by atoms with E-state index in [2.05, 4.69) is 30.2 Å². The zero-order valence-electron chi connectivity index (χ0n) is 13.7. The molecule has 2 heteroatoms. The van der Waals surface area contributed by atoms with Crippen LogP contribution in [0, 0.1) is 11.3 Å². The van der Waals surface area contributed by atoms with Gasteiger partial charge >= 0.3 is 0 Å². The molecule has 0 atom stereocenters. The van der Waals surface area contributed by atoms with Crippen molar-refractivity contribution >= 4 is 0 Å². The van der Waals surface area contributed by atoms with Crippen molar-refractivity contribution in [3.05, 3.63) is 12.7 Å². The molecule has 2 aliphatic rings. The minimum atomic E-state index is 0.671. The van der Waals surface area contributed by atoms with Crippen LogP contribution in [0.4, 0.5) is 0 Å². The van der Waals surface area contributed by atoms with Crippen LogP contribution in [0.5, 0.6) is 0 Å². The largest absolute Gasteiger partial charge is 0.303 e. The molecule has 0 saturated carbocycles. The standard InChI is InChI=1S/C18H34N2/c1-4-7-17(8-5-2)14-19-12-9-18(10-13-19)15-20(16-18)11-6-3/h6,17H,3-5,7-16H2,1-2H3. The molecule has 0 unspecified atom stereocenters. The lowest BCUT2D eigenvalue weighted by molar-refractivity contribution is -0.0424. The third kappa shape index (κ3) is 4.08. The molecule has 1 spiro atoms. The second kappa shape index (κ2) is 7.61. The molecule has 2 rings (SSSR count). The zero-order chi connectivity index (χ0) is 14.4. The highest BCUT2D eigenvalue weighted by molar-refractivity contribution is 4.99. The van der Waals surface area contributed by atoms with Gasteiger partial charge in [0.1, 0.15) is 0 Å². The van der Waals surface area contributed by atoms with E-state index >= 15 is 0 Å². The van der Waals surface area contributed by atoms with Gasteiger partial charge in [0.05, 0.1) is 0 Å². The van der Waals surface area contributed by atoms with E-state index in [-0.39, 0.29) is 0 Å². The first-order chi connectivity index (χ1) is 9.71. The average molecular weight is 278 g/mol. The van der Waals surface area contributed by atoms with Crippen molar-refractivity contribution in [1.82, 2.24) is 9.80 Å². The van der Waals surface area contributed by atoms with Crippen LogP contribution < -0.4 is 0 Å². The van der Waals surface area contributed by atoms with Crippen molar-refractivity contribution in [2.75, 3.05) is 39.3 Å². The van der Waals surface area contributed by atoms with Gasteiger partial charge in [-0.25, -0.2) is 0 Å². The van der Waals surface area contributed by atoms with Gasteiger partial charge in [-0.2, -0.15) is 0 Å². The molecule has 2 saturated heterocycles. The van der Waals surface area contributed by atoms with E-state index in [1.165, 1.54) is 71.2 Å². The van der Waals surface area contributed by atoms with Gasteiger partial charge in [0.15, 0.2) is 0 Å². The Hall–Kier alpha value is -0.340. The van der Waals surface area contributed by atoms with E-state index in [1.54, 1.807) is 0 Å². The van der Waals surface area contributed by atoms with Gasteiger partial charge in [0, 0.05) is 26.2 Å². The number of rotatable bonds is 8. The van der Waals surface area contributed by atoms with Crippen LogP contribution in [0.2, 0.25) is 0 Å². The van der Waals surface area contributed by atoms with Crippen molar-refractivity contribution in [1.29, 1.82) is 0 Å². The van der Waals surface area contributed by atoms with Gasteiger partial charge < -0.3 is 4.90 Å². The topological polar surface area (TPSA) is 6.48 Å². The van der Waals surface area contributed by atoms with E-state index in [1.807, 2.05) is 6.08 Å². The Labute approximate surface area is 126 Å². The van der Waals surface area contributed by atoms with Crippen LogP contribution in [0.15, 0.2) is 12.7 Å². The fourth-order valence-corrected chi connectivity index (χ4v) is 4.25. The van der Waals surface area contributed by atoms with Crippen LogP contribution in [0.25, 0.3) is 0 Å². The molecule has 0 aliphatic carbocycles. The van der Waals surface area contributed by atoms with E-state index in [0.29, 0.717) is 5.41 Å². The summed E-state index contributed by atoms with van der Waals surface area (Å²) < 4.78 is 0. The summed E-state index contributed by atoms with van der Waals surface area (Å²) >= 11 is 0. The summed E-state index contributed by atoms with van der Waals surface area (Å²) in [5.74, 6) is 0.942. The van der Waals surface area contributed by atoms with E-state index < -0.39 is 0 Å². The number of hydrogen-bond acceptors (Lipinski definition) is 2. The van der Waals surface area contributed by atoms with Crippen molar-refractivity contribution in [3.63, 3.8) is 0 Å². The third-order valence-electron chi connectivity index (χ3n) is 5.33. The van der Waals surface area contributed by atoms with Crippen molar-refractivity contribution in [3.8, 4) is 0 Å². The lowest BCUT2D eigenvalue weighted by atomic mass is 9.72. The minimum Gasteiger partial charge on any atom is -0.303 e. The van der Waals surface area contributed by atoms with E-state index in [9.17, 15) is 0 Å². The maximum absolute atomic E-state index is 3.85. The zero-order valence-corrected chi connectivity index (χ0v) is 13.7. The van der Waals surface area contributed by atoms with E-state index in [4.69, 9.17) is 0 Å². The number of likely N-dealkylation sites (tertiary alicyclic amines) is 2. The first kappa shape index (κ1) is 16.0. The molecule has 0 aromatic carbocycles. The molecule has 0 radical (unpaired) electrons. The summed E-state index contributed by atoms with van der Waals surface area (Å²) in [5.41, 5.74) is 0.671. The molecule has 2 aliphatic heterocycles. The molecule has 2 nitrogen and oxygen atoms in total. The highest BCUT2D eigenvalue weighted by atomic mass is 15.2. The molecule has 0 aromatic heterocycles. The lowest BCUT2D eigenvalue weighted by Crippen LogP contribution is -2.60. The quantitative estimate of drug-likeness (QED) is 0.623. The summed E-state index contributed by atoms with van der Waals surface area (Å²) in [5, 5.41) is 0. The molecule has 2 heterocycles. The molecule has 20 heavy (non-hydrogen) atoms. The SMILES string of the molecule is C=CCN1CC2(CCN(CC(CCC)CCC)CC2)C1. The lowest BCUT2D eigenvalue weighted by Gasteiger charge is -2.54. The Bertz CT molecular complexity index is 278. The van der Waals surface area contributed by atoms with Crippen LogP contribution in [-0.4, -0.2) is 49.1 Å². The first-order valence-corrected chi connectivity index (χ1v) is 8.77. The summed E-state index contributed by atoms with van der Waals surface area (Å²) in [6.07, 6.45) is 10.4. The number of piperidine rings is 1. The number of nitrogens with zero attached hydrogens (tertiary/aromatic N) is 2. The molecular formula is C18H34N2.